The molecule has 0 atom stereocenters. The molecule has 0 saturated heterocycles. The lowest BCUT2D eigenvalue weighted by Crippen LogP contribution is -2.15. The molecule has 0 spiro atoms. The Bertz CT molecular complexity index is 556. The van der Waals surface area contributed by atoms with Crippen molar-refractivity contribution in [3.8, 4) is 0 Å². The van der Waals surface area contributed by atoms with Crippen molar-refractivity contribution in [2.45, 2.75) is 32.7 Å². The maximum atomic E-state index is 13.8. The molecule has 0 fully saturated rings. The van der Waals surface area contributed by atoms with Crippen molar-refractivity contribution in [1.82, 2.24) is 4.98 Å². The minimum Gasteiger partial charge on any atom is -0.326 e. The van der Waals surface area contributed by atoms with Gasteiger partial charge in [0.1, 0.15) is 11.3 Å². The number of aromatic nitrogens is 1. The van der Waals surface area contributed by atoms with Gasteiger partial charge in [0, 0.05) is 23.0 Å². The molecule has 0 radical (unpaired) electrons. The Morgan fingerprint density at radius 3 is 2.59 bits per heavy atom. The maximum Gasteiger partial charge on any atom is 0.149 e. The third-order valence-electron chi connectivity index (χ3n) is 2.86. The van der Waals surface area contributed by atoms with Crippen LogP contribution in [-0.2, 0) is 12.0 Å². The zero-order valence-electron chi connectivity index (χ0n) is 10.4. The number of halogens is 1. The maximum absolute atomic E-state index is 13.8. The SMILES string of the molecule is CC(C)(C)c1cc(CN)c2cccc(F)c2n1. The second-order valence-electron chi connectivity index (χ2n) is 5.26. The number of nitrogens with zero attached hydrogens (tertiary/aromatic N) is 1. The Morgan fingerprint density at radius 1 is 1.29 bits per heavy atom. The van der Waals surface area contributed by atoms with Crippen molar-refractivity contribution >= 4 is 10.9 Å². The van der Waals surface area contributed by atoms with Crippen LogP contribution in [0.1, 0.15) is 32.0 Å². The third kappa shape index (κ3) is 2.15. The van der Waals surface area contributed by atoms with Crippen LogP contribution in [0, 0.1) is 5.82 Å². The molecule has 2 rings (SSSR count). The van der Waals surface area contributed by atoms with Gasteiger partial charge in [0.05, 0.1) is 0 Å². The molecule has 0 saturated carbocycles. The van der Waals surface area contributed by atoms with Gasteiger partial charge >= 0.3 is 0 Å². The van der Waals surface area contributed by atoms with Crippen LogP contribution in [0.5, 0.6) is 0 Å². The first kappa shape index (κ1) is 12.0. The van der Waals surface area contributed by atoms with E-state index in [-0.39, 0.29) is 11.2 Å². The largest absolute Gasteiger partial charge is 0.326 e. The van der Waals surface area contributed by atoms with Gasteiger partial charge in [-0.1, -0.05) is 32.9 Å². The van der Waals surface area contributed by atoms with E-state index < -0.39 is 0 Å². The van der Waals surface area contributed by atoms with Crippen molar-refractivity contribution in [2.24, 2.45) is 5.73 Å². The van der Waals surface area contributed by atoms with Crippen LogP contribution in [0.3, 0.4) is 0 Å². The molecule has 3 heteroatoms. The lowest BCUT2D eigenvalue weighted by molar-refractivity contribution is 0.567. The fourth-order valence-electron chi connectivity index (χ4n) is 1.84. The van der Waals surface area contributed by atoms with Crippen LogP contribution < -0.4 is 5.73 Å². The molecule has 17 heavy (non-hydrogen) atoms. The first-order valence-corrected chi connectivity index (χ1v) is 5.72. The Morgan fingerprint density at radius 2 is 2.00 bits per heavy atom. The molecule has 0 unspecified atom stereocenters. The normalized spacial score (nSPS) is 12.1. The van der Waals surface area contributed by atoms with Crippen LogP contribution in [0.2, 0.25) is 0 Å². The first-order valence-electron chi connectivity index (χ1n) is 5.72. The van der Waals surface area contributed by atoms with E-state index in [1.54, 1.807) is 6.07 Å². The first-order chi connectivity index (χ1) is 7.93. The van der Waals surface area contributed by atoms with Crippen LogP contribution >= 0.6 is 0 Å². The van der Waals surface area contributed by atoms with Crippen molar-refractivity contribution < 1.29 is 4.39 Å². The summed E-state index contributed by atoms with van der Waals surface area (Å²) in [7, 11) is 0. The van der Waals surface area contributed by atoms with Gasteiger partial charge in [0.2, 0.25) is 0 Å². The number of nitrogens with two attached hydrogens (primary N) is 1. The minimum absolute atomic E-state index is 0.111. The quantitative estimate of drug-likeness (QED) is 0.820. The summed E-state index contributed by atoms with van der Waals surface area (Å²) >= 11 is 0. The number of hydrogen-bond acceptors (Lipinski definition) is 2. The molecule has 0 bridgehead atoms. The van der Waals surface area contributed by atoms with Gasteiger partial charge in [-0.05, 0) is 17.7 Å². The monoisotopic (exact) mass is 232 g/mol. The Kier molecular flexibility index (Phi) is 2.87. The molecule has 2 N–H and O–H groups in total. The van der Waals surface area contributed by atoms with E-state index in [0.29, 0.717) is 12.1 Å². The summed E-state index contributed by atoms with van der Waals surface area (Å²) in [4.78, 5) is 4.42. The molecule has 90 valence electrons. The van der Waals surface area contributed by atoms with Gasteiger partial charge < -0.3 is 5.73 Å². The Hall–Kier alpha value is -1.48. The standard InChI is InChI=1S/C14H17FN2/c1-14(2,3)12-7-9(8-16)10-5-4-6-11(15)13(10)17-12/h4-7H,8,16H2,1-3H3. The summed E-state index contributed by atoms with van der Waals surface area (Å²) in [6.45, 7) is 6.57. The van der Waals surface area contributed by atoms with Crippen LogP contribution in [0.25, 0.3) is 10.9 Å². The molecular formula is C14H17FN2. The Labute approximate surface area is 101 Å². The third-order valence-corrected chi connectivity index (χ3v) is 2.86. The molecule has 1 aromatic heterocycles. The lowest BCUT2D eigenvalue weighted by atomic mass is 9.90. The van der Waals surface area contributed by atoms with Gasteiger partial charge in [-0.15, -0.1) is 0 Å². The summed E-state index contributed by atoms with van der Waals surface area (Å²) in [5.74, 6) is -0.289. The predicted molar refractivity (Wildman–Crippen MR) is 68.3 cm³/mol. The van der Waals surface area contributed by atoms with Crippen molar-refractivity contribution in [3.05, 3.63) is 41.3 Å². The van der Waals surface area contributed by atoms with E-state index >= 15 is 0 Å². The number of para-hydroxylation sites is 1. The molecule has 1 aromatic carbocycles. The van der Waals surface area contributed by atoms with E-state index in [1.165, 1.54) is 6.07 Å². The molecule has 0 amide bonds. The van der Waals surface area contributed by atoms with Crippen molar-refractivity contribution in [2.75, 3.05) is 0 Å². The number of rotatable bonds is 1. The van der Waals surface area contributed by atoms with Crippen LogP contribution in [0.4, 0.5) is 4.39 Å². The van der Waals surface area contributed by atoms with Gasteiger partial charge in [0.25, 0.3) is 0 Å². The van der Waals surface area contributed by atoms with Gasteiger partial charge in [-0.25, -0.2) is 9.37 Å². The van der Waals surface area contributed by atoms with E-state index in [0.717, 1.165) is 16.6 Å². The summed E-state index contributed by atoms with van der Waals surface area (Å²) < 4.78 is 13.8. The average molecular weight is 232 g/mol. The minimum atomic E-state index is -0.289. The number of hydrogen-bond donors (Lipinski definition) is 1. The van der Waals surface area contributed by atoms with E-state index in [2.05, 4.69) is 25.8 Å². The fourth-order valence-corrected chi connectivity index (χ4v) is 1.84. The predicted octanol–water partition coefficient (Wildman–Crippen LogP) is 3.13. The van der Waals surface area contributed by atoms with Gasteiger partial charge in [-0.2, -0.15) is 0 Å². The smallest absolute Gasteiger partial charge is 0.149 e. The highest BCUT2D eigenvalue weighted by Gasteiger charge is 2.18. The summed E-state index contributed by atoms with van der Waals surface area (Å²) in [6.07, 6.45) is 0. The van der Waals surface area contributed by atoms with E-state index in [4.69, 9.17) is 5.73 Å². The molecule has 0 aliphatic heterocycles. The number of benzene rings is 1. The number of fused-ring (bicyclic) bond motifs is 1. The second kappa shape index (κ2) is 4.08. The van der Waals surface area contributed by atoms with Crippen molar-refractivity contribution in [1.29, 1.82) is 0 Å². The molecular weight excluding hydrogens is 215 g/mol. The molecule has 0 aliphatic carbocycles. The van der Waals surface area contributed by atoms with E-state index in [1.807, 2.05) is 12.1 Å². The molecule has 1 heterocycles. The Balaban J connectivity index is 2.81. The van der Waals surface area contributed by atoms with Crippen molar-refractivity contribution in [3.63, 3.8) is 0 Å². The topological polar surface area (TPSA) is 38.9 Å². The van der Waals surface area contributed by atoms with Crippen LogP contribution in [0.15, 0.2) is 24.3 Å². The summed E-state index contributed by atoms with van der Waals surface area (Å²) in [5, 5.41) is 0.806. The van der Waals surface area contributed by atoms with Gasteiger partial charge in [-0.3, -0.25) is 0 Å². The highest BCUT2D eigenvalue weighted by Crippen LogP contribution is 2.27. The van der Waals surface area contributed by atoms with Crippen LogP contribution in [-0.4, -0.2) is 4.98 Å². The lowest BCUT2D eigenvalue weighted by Gasteiger charge is -2.19. The highest BCUT2D eigenvalue weighted by atomic mass is 19.1. The zero-order valence-corrected chi connectivity index (χ0v) is 10.4. The average Bonchev–Trinajstić information content (AvgIpc) is 2.27. The van der Waals surface area contributed by atoms with E-state index in [9.17, 15) is 4.39 Å². The molecule has 2 nitrogen and oxygen atoms in total. The zero-order chi connectivity index (χ0) is 12.6. The summed E-state index contributed by atoms with van der Waals surface area (Å²) in [6, 6.07) is 6.96. The van der Waals surface area contributed by atoms with Gasteiger partial charge in [0.15, 0.2) is 0 Å². The second-order valence-corrected chi connectivity index (χ2v) is 5.26. The molecule has 2 aromatic rings. The highest BCUT2D eigenvalue weighted by molar-refractivity contribution is 5.83. The number of pyridine rings is 1. The fraction of sp³-hybridized carbons (Fsp3) is 0.357. The molecule has 0 aliphatic rings. The summed E-state index contributed by atoms with van der Waals surface area (Å²) in [5.41, 5.74) is 7.85.